The van der Waals surface area contributed by atoms with Gasteiger partial charge in [0.2, 0.25) is 0 Å². The van der Waals surface area contributed by atoms with Crippen molar-refractivity contribution in [2.75, 3.05) is 11.5 Å². The summed E-state index contributed by atoms with van der Waals surface area (Å²) in [5, 5.41) is 1.29. The van der Waals surface area contributed by atoms with Crippen molar-refractivity contribution < 1.29 is 19.1 Å². The standard InChI is InChI=1S/C24H18N2O4/c25-17-11-7-15(8-12-17)23(27)29-21-5-1-3-19-20(21)4-2-6-22(19)30-24(28)16-9-13-18(26)14-10-16/h1-14H,25-26H2. The number of carbonyl (C=O) groups is 2. The van der Waals surface area contributed by atoms with E-state index in [2.05, 4.69) is 0 Å². The van der Waals surface area contributed by atoms with Crippen LogP contribution in [0.2, 0.25) is 0 Å². The van der Waals surface area contributed by atoms with Gasteiger partial charge in [0.05, 0.1) is 11.1 Å². The lowest BCUT2D eigenvalue weighted by Gasteiger charge is -2.11. The Hall–Kier alpha value is -4.32. The van der Waals surface area contributed by atoms with Crippen molar-refractivity contribution in [3.05, 3.63) is 96.1 Å². The molecule has 148 valence electrons. The fourth-order valence-corrected chi connectivity index (χ4v) is 2.99. The third-order valence-corrected chi connectivity index (χ3v) is 4.54. The molecule has 0 aliphatic carbocycles. The number of hydrogen-bond donors (Lipinski definition) is 2. The average molecular weight is 398 g/mol. The second-order valence-electron chi connectivity index (χ2n) is 6.63. The van der Waals surface area contributed by atoms with E-state index < -0.39 is 11.9 Å². The number of fused-ring (bicyclic) bond motifs is 1. The lowest BCUT2D eigenvalue weighted by atomic mass is 10.1. The molecule has 0 spiro atoms. The Morgan fingerprint density at radius 2 is 0.900 bits per heavy atom. The van der Waals surface area contributed by atoms with Gasteiger partial charge in [-0.3, -0.25) is 0 Å². The van der Waals surface area contributed by atoms with Crippen molar-refractivity contribution >= 4 is 34.1 Å². The molecule has 0 fully saturated rings. The van der Waals surface area contributed by atoms with Crippen LogP contribution in [0.5, 0.6) is 11.5 Å². The van der Waals surface area contributed by atoms with Crippen LogP contribution in [0.4, 0.5) is 11.4 Å². The molecule has 4 aromatic rings. The van der Waals surface area contributed by atoms with Gasteiger partial charge in [-0.15, -0.1) is 0 Å². The van der Waals surface area contributed by atoms with E-state index in [-0.39, 0.29) is 0 Å². The number of carbonyl (C=O) groups excluding carboxylic acids is 2. The maximum Gasteiger partial charge on any atom is 0.343 e. The van der Waals surface area contributed by atoms with Gasteiger partial charge < -0.3 is 20.9 Å². The molecular formula is C24H18N2O4. The second-order valence-corrected chi connectivity index (χ2v) is 6.63. The Morgan fingerprint density at radius 3 is 1.27 bits per heavy atom. The molecule has 30 heavy (non-hydrogen) atoms. The van der Waals surface area contributed by atoms with Crippen LogP contribution in [0.15, 0.2) is 84.9 Å². The fourth-order valence-electron chi connectivity index (χ4n) is 2.99. The number of rotatable bonds is 4. The highest BCUT2D eigenvalue weighted by Crippen LogP contribution is 2.33. The van der Waals surface area contributed by atoms with E-state index in [1.807, 2.05) is 0 Å². The lowest BCUT2D eigenvalue weighted by Crippen LogP contribution is -2.10. The van der Waals surface area contributed by atoms with Crippen molar-refractivity contribution in [1.82, 2.24) is 0 Å². The van der Waals surface area contributed by atoms with Gasteiger partial charge in [-0.1, -0.05) is 24.3 Å². The average Bonchev–Trinajstić information content (AvgIpc) is 2.75. The van der Waals surface area contributed by atoms with E-state index in [1.165, 1.54) is 0 Å². The van der Waals surface area contributed by atoms with Crippen LogP contribution in [-0.2, 0) is 0 Å². The fraction of sp³-hybridized carbons (Fsp3) is 0. The number of ether oxygens (including phenoxy) is 2. The van der Waals surface area contributed by atoms with Crippen LogP contribution in [0.1, 0.15) is 20.7 Å². The van der Waals surface area contributed by atoms with Crippen LogP contribution < -0.4 is 20.9 Å². The van der Waals surface area contributed by atoms with E-state index in [4.69, 9.17) is 20.9 Å². The molecule has 4 aromatic carbocycles. The predicted molar refractivity (Wildman–Crippen MR) is 116 cm³/mol. The van der Waals surface area contributed by atoms with E-state index in [0.29, 0.717) is 44.8 Å². The quantitative estimate of drug-likeness (QED) is 0.299. The summed E-state index contributed by atoms with van der Waals surface area (Å²) in [4.78, 5) is 25.0. The molecule has 0 aromatic heterocycles. The summed E-state index contributed by atoms with van der Waals surface area (Å²) < 4.78 is 11.2. The topological polar surface area (TPSA) is 105 Å². The first-order valence-electron chi connectivity index (χ1n) is 9.18. The van der Waals surface area contributed by atoms with Gasteiger partial charge in [0.15, 0.2) is 0 Å². The number of esters is 2. The Balaban J connectivity index is 1.62. The molecule has 0 saturated heterocycles. The van der Waals surface area contributed by atoms with Crippen LogP contribution in [0.3, 0.4) is 0 Å². The smallest absolute Gasteiger partial charge is 0.343 e. The molecular weight excluding hydrogens is 380 g/mol. The normalized spacial score (nSPS) is 10.5. The molecule has 0 amide bonds. The van der Waals surface area contributed by atoms with Crippen LogP contribution in [0.25, 0.3) is 10.8 Å². The maximum atomic E-state index is 12.5. The summed E-state index contributed by atoms with van der Waals surface area (Å²) in [7, 11) is 0. The molecule has 6 heteroatoms. The van der Waals surface area contributed by atoms with Gasteiger partial charge >= 0.3 is 11.9 Å². The Labute approximate surface area is 172 Å². The van der Waals surface area contributed by atoms with Gasteiger partial charge in [0.1, 0.15) is 11.5 Å². The van der Waals surface area contributed by atoms with E-state index >= 15 is 0 Å². The van der Waals surface area contributed by atoms with Gasteiger partial charge in [0, 0.05) is 22.1 Å². The number of hydrogen-bond acceptors (Lipinski definition) is 6. The number of nitrogens with two attached hydrogens (primary N) is 2. The third-order valence-electron chi connectivity index (χ3n) is 4.54. The van der Waals surface area contributed by atoms with Gasteiger partial charge in [-0.2, -0.15) is 0 Å². The van der Waals surface area contributed by atoms with Crippen LogP contribution in [0, 0.1) is 0 Å². The molecule has 0 radical (unpaired) electrons. The van der Waals surface area contributed by atoms with Crippen molar-refractivity contribution in [1.29, 1.82) is 0 Å². The minimum absolute atomic E-state index is 0.361. The minimum Gasteiger partial charge on any atom is -0.422 e. The molecule has 6 nitrogen and oxygen atoms in total. The number of benzene rings is 4. The minimum atomic E-state index is -0.508. The molecule has 0 atom stereocenters. The maximum absolute atomic E-state index is 12.5. The summed E-state index contributed by atoms with van der Waals surface area (Å²) in [6.07, 6.45) is 0. The van der Waals surface area contributed by atoms with Gasteiger partial charge in [-0.25, -0.2) is 9.59 Å². The van der Waals surface area contributed by atoms with E-state index in [9.17, 15) is 9.59 Å². The largest absolute Gasteiger partial charge is 0.422 e. The first-order valence-corrected chi connectivity index (χ1v) is 9.18. The molecule has 0 saturated carbocycles. The van der Waals surface area contributed by atoms with Gasteiger partial charge in [-0.05, 0) is 60.7 Å². The molecule has 0 aliphatic rings. The summed E-state index contributed by atoms with van der Waals surface area (Å²) >= 11 is 0. The van der Waals surface area contributed by atoms with Crippen molar-refractivity contribution in [2.24, 2.45) is 0 Å². The molecule has 0 heterocycles. The summed E-state index contributed by atoms with van der Waals surface area (Å²) in [5.74, 6) is -0.294. The van der Waals surface area contributed by atoms with E-state index in [1.54, 1.807) is 84.9 Å². The molecule has 0 bridgehead atoms. The SMILES string of the molecule is Nc1ccc(C(=O)Oc2cccc3c(OC(=O)c4ccc(N)cc4)cccc23)cc1. The number of nitrogen functional groups attached to an aromatic ring is 2. The Bertz CT molecular complexity index is 1130. The Morgan fingerprint density at radius 1 is 0.533 bits per heavy atom. The first kappa shape index (κ1) is 19.0. The Kier molecular flexibility index (Phi) is 5.05. The summed E-state index contributed by atoms with van der Waals surface area (Å²) in [5.41, 5.74) is 13.2. The van der Waals surface area contributed by atoms with Gasteiger partial charge in [0.25, 0.3) is 0 Å². The molecule has 4 N–H and O–H groups in total. The summed E-state index contributed by atoms with van der Waals surface area (Å²) in [6.45, 7) is 0. The summed E-state index contributed by atoms with van der Waals surface area (Å²) in [6, 6.07) is 23.3. The molecule has 4 rings (SSSR count). The zero-order valence-electron chi connectivity index (χ0n) is 15.9. The third kappa shape index (κ3) is 3.93. The lowest BCUT2D eigenvalue weighted by molar-refractivity contribution is 0.0725. The van der Waals surface area contributed by atoms with Crippen molar-refractivity contribution in [3.8, 4) is 11.5 Å². The van der Waals surface area contributed by atoms with Crippen molar-refractivity contribution in [3.63, 3.8) is 0 Å². The zero-order chi connectivity index (χ0) is 21.1. The highest BCUT2D eigenvalue weighted by atomic mass is 16.5. The highest BCUT2D eigenvalue weighted by molar-refractivity contribution is 5.99. The first-order chi connectivity index (χ1) is 14.5. The second kappa shape index (κ2) is 7.97. The predicted octanol–water partition coefficient (Wildman–Crippen LogP) is 4.44. The molecule has 0 unspecified atom stereocenters. The monoisotopic (exact) mass is 398 g/mol. The van der Waals surface area contributed by atoms with Crippen LogP contribution >= 0.6 is 0 Å². The molecule has 0 aliphatic heterocycles. The van der Waals surface area contributed by atoms with Crippen molar-refractivity contribution in [2.45, 2.75) is 0 Å². The van der Waals surface area contributed by atoms with Crippen LogP contribution in [-0.4, -0.2) is 11.9 Å². The number of anilines is 2. The zero-order valence-corrected chi connectivity index (χ0v) is 15.9. The van der Waals surface area contributed by atoms with E-state index in [0.717, 1.165) is 0 Å². The highest BCUT2D eigenvalue weighted by Gasteiger charge is 2.15.